The summed E-state index contributed by atoms with van der Waals surface area (Å²) in [6.07, 6.45) is 0. The second-order valence-corrected chi connectivity index (χ2v) is 7.11. The summed E-state index contributed by atoms with van der Waals surface area (Å²) in [6, 6.07) is 1.03. The molecule has 20 heavy (non-hydrogen) atoms. The highest BCUT2D eigenvalue weighted by Crippen LogP contribution is 2.45. The van der Waals surface area contributed by atoms with Gasteiger partial charge in [0.05, 0.1) is 21.5 Å². The molecular weight excluding hydrogens is 481 g/mol. The van der Waals surface area contributed by atoms with Gasteiger partial charge in [-0.15, -0.1) is 12.4 Å². The largest absolute Gasteiger partial charge is 0.506 e. The molecule has 0 heterocycles. The van der Waals surface area contributed by atoms with E-state index in [0.717, 1.165) is 0 Å². The van der Waals surface area contributed by atoms with E-state index in [1.54, 1.807) is 19.9 Å². The fraction of sp³-hybridized carbons (Fsp3) is 0.417. The first-order chi connectivity index (χ1) is 8.64. The Morgan fingerprint density at radius 1 is 1.35 bits per heavy atom. The zero-order valence-electron chi connectivity index (χ0n) is 11.0. The van der Waals surface area contributed by atoms with Crippen molar-refractivity contribution in [2.24, 2.45) is 11.1 Å². The number of phenols is 1. The number of benzene rings is 1. The summed E-state index contributed by atoms with van der Waals surface area (Å²) in [6.45, 7) is 3.39. The number of hydrogen-bond donors (Lipinski definition) is 2. The minimum atomic E-state index is -0.930. The topological polar surface area (TPSA) is 72.5 Å². The Hall–Kier alpha value is 0.180. The van der Waals surface area contributed by atoms with Gasteiger partial charge in [-0.25, -0.2) is 0 Å². The third kappa shape index (κ3) is 3.68. The van der Waals surface area contributed by atoms with Crippen LogP contribution in [0.25, 0.3) is 0 Å². The van der Waals surface area contributed by atoms with Crippen LogP contribution in [0.15, 0.2) is 19.5 Å². The van der Waals surface area contributed by atoms with Gasteiger partial charge in [0.25, 0.3) is 0 Å². The summed E-state index contributed by atoms with van der Waals surface area (Å²) in [5.74, 6) is -0.379. The molecule has 0 amide bonds. The molecule has 0 saturated carbocycles. The summed E-state index contributed by atoms with van der Waals surface area (Å²) >= 11 is 9.93. The van der Waals surface area contributed by atoms with Crippen molar-refractivity contribution in [2.45, 2.75) is 19.9 Å². The average Bonchev–Trinajstić information content (AvgIpc) is 2.34. The Morgan fingerprint density at radius 2 is 1.85 bits per heavy atom. The molecule has 0 radical (unpaired) electrons. The van der Waals surface area contributed by atoms with Crippen LogP contribution < -0.4 is 5.73 Å². The zero-order chi connectivity index (χ0) is 15.0. The Kier molecular flexibility index (Phi) is 7.51. The van der Waals surface area contributed by atoms with E-state index in [-0.39, 0.29) is 18.2 Å². The number of carbonyl (C=O) groups excluding carboxylic acids is 1. The fourth-order valence-corrected chi connectivity index (χ4v) is 4.24. The quantitative estimate of drug-likeness (QED) is 0.613. The Bertz CT molecular complexity index is 523. The lowest BCUT2D eigenvalue weighted by molar-refractivity contribution is -0.152. The average molecular weight is 496 g/mol. The maximum Gasteiger partial charge on any atom is 0.313 e. The number of nitrogens with two attached hydrogens (primary N) is 1. The molecule has 0 aliphatic rings. The number of methoxy groups -OCH3 is 1. The number of rotatable bonds is 3. The van der Waals surface area contributed by atoms with Crippen LogP contribution in [0.4, 0.5) is 0 Å². The van der Waals surface area contributed by atoms with Gasteiger partial charge in [-0.2, -0.15) is 0 Å². The molecule has 0 unspecified atom stereocenters. The first kappa shape index (κ1) is 20.2. The van der Waals surface area contributed by atoms with Gasteiger partial charge in [-0.3, -0.25) is 4.79 Å². The molecule has 8 heteroatoms. The van der Waals surface area contributed by atoms with Gasteiger partial charge in [0, 0.05) is 16.1 Å². The molecule has 1 atom stereocenters. The van der Waals surface area contributed by atoms with E-state index in [1.165, 1.54) is 7.11 Å². The van der Waals surface area contributed by atoms with Crippen molar-refractivity contribution in [3.63, 3.8) is 0 Å². The molecule has 0 saturated heterocycles. The predicted molar refractivity (Wildman–Crippen MR) is 91.2 cm³/mol. The van der Waals surface area contributed by atoms with Crippen LogP contribution >= 0.6 is 60.2 Å². The zero-order valence-corrected chi connectivity index (χ0v) is 16.6. The number of carbonyl (C=O) groups is 1. The molecule has 0 fully saturated rings. The third-order valence-electron chi connectivity index (χ3n) is 2.98. The van der Waals surface area contributed by atoms with Crippen molar-refractivity contribution in [1.29, 1.82) is 0 Å². The molecular formula is C12H15Br3ClNO3. The number of aromatic hydroxyl groups is 1. The van der Waals surface area contributed by atoms with Crippen LogP contribution in [-0.4, -0.2) is 18.2 Å². The molecule has 4 nitrogen and oxygen atoms in total. The monoisotopic (exact) mass is 493 g/mol. The summed E-state index contributed by atoms with van der Waals surface area (Å²) in [5, 5.41) is 9.94. The van der Waals surface area contributed by atoms with E-state index in [9.17, 15) is 9.90 Å². The van der Waals surface area contributed by atoms with Crippen molar-refractivity contribution in [3.8, 4) is 5.75 Å². The van der Waals surface area contributed by atoms with Crippen molar-refractivity contribution in [1.82, 2.24) is 0 Å². The SMILES string of the molecule is COC(=O)C(C)(C)[C@@H](N)c1c(Br)cc(Br)c(O)c1Br.Cl. The van der Waals surface area contributed by atoms with Gasteiger partial charge in [-0.05, 0) is 51.8 Å². The minimum Gasteiger partial charge on any atom is -0.506 e. The predicted octanol–water partition coefficient (Wildman–Crippen LogP) is 4.30. The van der Waals surface area contributed by atoms with E-state index < -0.39 is 17.4 Å². The van der Waals surface area contributed by atoms with Crippen LogP contribution in [0.3, 0.4) is 0 Å². The highest BCUT2D eigenvalue weighted by molar-refractivity contribution is 9.11. The van der Waals surface area contributed by atoms with Crippen molar-refractivity contribution >= 4 is 66.2 Å². The lowest BCUT2D eigenvalue weighted by atomic mass is 9.81. The van der Waals surface area contributed by atoms with Crippen molar-refractivity contribution in [3.05, 3.63) is 25.0 Å². The maximum atomic E-state index is 11.8. The van der Waals surface area contributed by atoms with E-state index in [4.69, 9.17) is 10.5 Å². The lowest BCUT2D eigenvalue weighted by Gasteiger charge is -2.30. The molecule has 0 bridgehead atoms. The number of esters is 1. The number of halogens is 4. The van der Waals surface area contributed by atoms with Crippen LogP contribution in [-0.2, 0) is 9.53 Å². The Morgan fingerprint density at radius 3 is 2.30 bits per heavy atom. The summed E-state index contributed by atoms with van der Waals surface area (Å²) in [5.41, 5.74) is 5.86. The molecule has 0 spiro atoms. The van der Waals surface area contributed by atoms with Crippen LogP contribution in [0, 0.1) is 5.41 Å². The minimum absolute atomic E-state index is 0. The van der Waals surface area contributed by atoms with Gasteiger partial charge in [0.2, 0.25) is 0 Å². The summed E-state index contributed by atoms with van der Waals surface area (Å²) in [4.78, 5) is 11.8. The third-order valence-corrected chi connectivity index (χ3v) is 5.04. The van der Waals surface area contributed by atoms with E-state index >= 15 is 0 Å². The molecule has 0 aliphatic heterocycles. The highest BCUT2D eigenvalue weighted by Gasteiger charge is 2.39. The fourth-order valence-electron chi connectivity index (χ4n) is 1.63. The van der Waals surface area contributed by atoms with Crippen LogP contribution in [0.1, 0.15) is 25.5 Å². The number of hydrogen-bond acceptors (Lipinski definition) is 4. The van der Waals surface area contributed by atoms with Gasteiger partial charge in [0.1, 0.15) is 5.75 Å². The lowest BCUT2D eigenvalue weighted by Crippen LogP contribution is -2.37. The second-order valence-electron chi connectivity index (χ2n) is 4.61. The van der Waals surface area contributed by atoms with Gasteiger partial charge >= 0.3 is 5.97 Å². The molecule has 0 aromatic heterocycles. The molecule has 0 aliphatic carbocycles. The van der Waals surface area contributed by atoms with E-state index in [1.807, 2.05) is 0 Å². The highest BCUT2D eigenvalue weighted by atomic mass is 79.9. The van der Waals surface area contributed by atoms with Gasteiger partial charge in [0.15, 0.2) is 0 Å². The van der Waals surface area contributed by atoms with E-state index in [2.05, 4.69) is 47.8 Å². The molecule has 1 aromatic rings. The maximum absolute atomic E-state index is 11.8. The first-order valence-corrected chi connectivity index (χ1v) is 7.72. The molecule has 114 valence electrons. The van der Waals surface area contributed by atoms with Crippen LogP contribution in [0.2, 0.25) is 0 Å². The standard InChI is InChI=1S/C12H14Br3NO3.ClH/c1-12(2,11(18)19-3)10(16)7-5(13)4-6(14)9(17)8(7)15;/h4,10,17H,16H2,1-3H3;1H/t10-;/m0./s1. The molecule has 1 rings (SSSR count). The van der Waals surface area contributed by atoms with Crippen LogP contribution in [0.5, 0.6) is 5.75 Å². The summed E-state index contributed by atoms with van der Waals surface area (Å²) < 4.78 is 6.43. The smallest absolute Gasteiger partial charge is 0.313 e. The van der Waals surface area contributed by atoms with Crippen molar-refractivity contribution < 1.29 is 14.6 Å². The van der Waals surface area contributed by atoms with E-state index in [0.29, 0.717) is 19.0 Å². The molecule has 1 aromatic carbocycles. The summed E-state index contributed by atoms with van der Waals surface area (Å²) in [7, 11) is 1.32. The van der Waals surface area contributed by atoms with Gasteiger partial charge < -0.3 is 15.6 Å². The van der Waals surface area contributed by atoms with Crippen molar-refractivity contribution in [2.75, 3.05) is 7.11 Å². The normalized spacial score (nSPS) is 12.6. The Balaban J connectivity index is 0.00000361. The molecule has 3 N–H and O–H groups in total. The first-order valence-electron chi connectivity index (χ1n) is 5.35. The number of phenolic OH excluding ortho intramolecular Hbond substituents is 1. The Labute approximate surface area is 149 Å². The second kappa shape index (κ2) is 7.45. The number of ether oxygens (including phenoxy) is 1. The van der Waals surface area contributed by atoms with Gasteiger partial charge in [-0.1, -0.05) is 15.9 Å².